The molecule has 2 N–H and O–H groups in total. The third kappa shape index (κ3) is 3.15. The number of hydrogen-bond donors (Lipinski definition) is 1. The Hall–Kier alpha value is -1.18. The lowest BCUT2D eigenvalue weighted by atomic mass is 10.1. The quantitative estimate of drug-likeness (QED) is 0.767. The van der Waals surface area contributed by atoms with Gasteiger partial charge in [-0.3, -0.25) is 0 Å². The first-order chi connectivity index (χ1) is 7.04. The lowest BCUT2D eigenvalue weighted by Gasteiger charge is -2.26. The van der Waals surface area contributed by atoms with Crippen LogP contribution >= 0.6 is 0 Å². The molecule has 1 rings (SSSR count). The van der Waals surface area contributed by atoms with Crippen molar-refractivity contribution in [2.45, 2.75) is 27.7 Å². The molecule has 0 spiro atoms. The first kappa shape index (κ1) is 11.9. The molecule has 0 saturated heterocycles. The van der Waals surface area contributed by atoms with Crippen molar-refractivity contribution in [2.24, 2.45) is 5.92 Å². The monoisotopic (exact) mass is 206 g/mol. The summed E-state index contributed by atoms with van der Waals surface area (Å²) in [6.45, 7) is 10.9. The van der Waals surface area contributed by atoms with Gasteiger partial charge in [0.25, 0.3) is 0 Å². The van der Waals surface area contributed by atoms with Crippen molar-refractivity contribution in [2.75, 3.05) is 23.7 Å². The van der Waals surface area contributed by atoms with E-state index in [2.05, 4.69) is 38.7 Å². The number of nitrogen functional groups attached to an aromatic ring is 1. The molecule has 0 unspecified atom stereocenters. The van der Waals surface area contributed by atoms with Crippen LogP contribution in [0.25, 0.3) is 0 Å². The molecule has 2 nitrogen and oxygen atoms in total. The molecule has 15 heavy (non-hydrogen) atoms. The summed E-state index contributed by atoms with van der Waals surface area (Å²) >= 11 is 0. The van der Waals surface area contributed by atoms with E-state index in [-0.39, 0.29) is 0 Å². The van der Waals surface area contributed by atoms with Crippen molar-refractivity contribution in [3.8, 4) is 0 Å². The Morgan fingerprint density at radius 3 is 2.47 bits per heavy atom. The van der Waals surface area contributed by atoms with Crippen molar-refractivity contribution in [3.05, 3.63) is 23.8 Å². The van der Waals surface area contributed by atoms with Crippen LogP contribution in [0.15, 0.2) is 18.2 Å². The molecule has 0 amide bonds. The van der Waals surface area contributed by atoms with E-state index >= 15 is 0 Å². The Kier molecular flexibility index (Phi) is 4.01. The summed E-state index contributed by atoms with van der Waals surface area (Å²) in [5, 5.41) is 0. The molecule has 0 fully saturated rings. The molecule has 0 atom stereocenters. The van der Waals surface area contributed by atoms with Crippen molar-refractivity contribution in [1.82, 2.24) is 0 Å². The van der Waals surface area contributed by atoms with E-state index in [1.54, 1.807) is 0 Å². The zero-order valence-corrected chi connectivity index (χ0v) is 10.2. The first-order valence-corrected chi connectivity index (χ1v) is 5.65. The van der Waals surface area contributed by atoms with Gasteiger partial charge in [0.05, 0.1) is 0 Å². The second kappa shape index (κ2) is 5.06. The smallest absolute Gasteiger partial charge is 0.0397 e. The van der Waals surface area contributed by atoms with Crippen molar-refractivity contribution >= 4 is 11.4 Å². The molecule has 0 aliphatic heterocycles. The number of hydrogen-bond acceptors (Lipinski definition) is 2. The summed E-state index contributed by atoms with van der Waals surface area (Å²) in [5.74, 6) is 0.682. The molecule has 1 aromatic carbocycles. The summed E-state index contributed by atoms with van der Waals surface area (Å²) in [6.07, 6.45) is 0. The van der Waals surface area contributed by atoms with E-state index in [0.717, 1.165) is 18.8 Å². The van der Waals surface area contributed by atoms with Gasteiger partial charge in [0.1, 0.15) is 0 Å². The highest BCUT2D eigenvalue weighted by molar-refractivity contribution is 5.59. The highest BCUT2D eigenvalue weighted by Crippen LogP contribution is 2.22. The van der Waals surface area contributed by atoms with Crippen LogP contribution in [0.3, 0.4) is 0 Å². The molecule has 2 heteroatoms. The molecular formula is C13H22N2. The normalized spacial score (nSPS) is 10.7. The standard InChI is InChI=1S/C13H22N2/c1-5-15(9-10(2)3)13-7-6-12(14)8-11(13)4/h6-8,10H,5,9,14H2,1-4H3. The third-order valence-electron chi connectivity index (χ3n) is 2.53. The summed E-state index contributed by atoms with van der Waals surface area (Å²) in [5.41, 5.74) is 9.16. The van der Waals surface area contributed by atoms with Gasteiger partial charge < -0.3 is 10.6 Å². The lowest BCUT2D eigenvalue weighted by molar-refractivity contribution is 0.618. The Labute approximate surface area is 93.1 Å². The van der Waals surface area contributed by atoms with Gasteiger partial charge in [-0.05, 0) is 43.5 Å². The molecule has 1 aromatic rings. The maximum atomic E-state index is 5.75. The topological polar surface area (TPSA) is 29.3 Å². The largest absolute Gasteiger partial charge is 0.399 e. The molecule has 84 valence electrons. The number of rotatable bonds is 4. The molecule has 0 aliphatic carbocycles. The SMILES string of the molecule is CCN(CC(C)C)c1ccc(N)cc1C. The number of nitrogens with two attached hydrogens (primary N) is 1. The average molecular weight is 206 g/mol. The fraction of sp³-hybridized carbons (Fsp3) is 0.538. The second-order valence-corrected chi connectivity index (χ2v) is 4.48. The maximum absolute atomic E-state index is 5.75. The minimum Gasteiger partial charge on any atom is -0.399 e. The fourth-order valence-electron chi connectivity index (χ4n) is 1.87. The molecular weight excluding hydrogens is 184 g/mol. The third-order valence-corrected chi connectivity index (χ3v) is 2.53. The van der Waals surface area contributed by atoms with Crippen molar-refractivity contribution in [1.29, 1.82) is 0 Å². The first-order valence-electron chi connectivity index (χ1n) is 5.65. The van der Waals surface area contributed by atoms with Crippen LogP contribution in [0.1, 0.15) is 26.3 Å². The van der Waals surface area contributed by atoms with Crippen molar-refractivity contribution < 1.29 is 0 Å². The van der Waals surface area contributed by atoms with Gasteiger partial charge in [-0.2, -0.15) is 0 Å². The zero-order valence-electron chi connectivity index (χ0n) is 10.2. The molecule has 0 saturated carbocycles. The summed E-state index contributed by atoms with van der Waals surface area (Å²) in [7, 11) is 0. The van der Waals surface area contributed by atoms with E-state index in [9.17, 15) is 0 Å². The van der Waals surface area contributed by atoms with Crippen LogP contribution in [0.4, 0.5) is 11.4 Å². The predicted octanol–water partition coefficient (Wildman–Crippen LogP) is 3.06. The highest BCUT2D eigenvalue weighted by atomic mass is 15.1. The van der Waals surface area contributed by atoms with E-state index in [1.165, 1.54) is 11.3 Å². The van der Waals surface area contributed by atoms with Gasteiger partial charge in [-0.25, -0.2) is 0 Å². The van der Waals surface area contributed by atoms with Crippen molar-refractivity contribution in [3.63, 3.8) is 0 Å². The Morgan fingerprint density at radius 2 is 2.00 bits per heavy atom. The minimum absolute atomic E-state index is 0.682. The Morgan fingerprint density at radius 1 is 1.33 bits per heavy atom. The molecule has 0 aliphatic rings. The second-order valence-electron chi connectivity index (χ2n) is 4.48. The highest BCUT2D eigenvalue weighted by Gasteiger charge is 2.08. The van der Waals surface area contributed by atoms with Crippen LogP contribution in [0.5, 0.6) is 0 Å². The van der Waals surface area contributed by atoms with Gasteiger partial charge in [-0.15, -0.1) is 0 Å². The number of benzene rings is 1. The Balaban J connectivity index is 2.91. The van der Waals surface area contributed by atoms with E-state index in [4.69, 9.17) is 5.73 Å². The van der Waals surface area contributed by atoms with Gasteiger partial charge >= 0.3 is 0 Å². The number of nitrogens with zero attached hydrogens (tertiary/aromatic N) is 1. The van der Waals surface area contributed by atoms with Crippen LogP contribution < -0.4 is 10.6 Å². The van der Waals surface area contributed by atoms with Gasteiger partial charge in [-0.1, -0.05) is 13.8 Å². The minimum atomic E-state index is 0.682. The van der Waals surface area contributed by atoms with Gasteiger partial charge in [0.15, 0.2) is 0 Å². The summed E-state index contributed by atoms with van der Waals surface area (Å²) in [4.78, 5) is 2.40. The van der Waals surface area contributed by atoms with Crippen LogP contribution in [0.2, 0.25) is 0 Å². The molecule has 0 bridgehead atoms. The fourth-order valence-corrected chi connectivity index (χ4v) is 1.87. The van der Waals surface area contributed by atoms with E-state index in [0.29, 0.717) is 5.92 Å². The Bertz CT molecular complexity index is 318. The predicted molar refractivity (Wildman–Crippen MR) is 68.3 cm³/mol. The van der Waals surface area contributed by atoms with Crippen LogP contribution in [-0.2, 0) is 0 Å². The van der Waals surface area contributed by atoms with Gasteiger partial charge in [0, 0.05) is 24.5 Å². The molecule has 0 aromatic heterocycles. The summed E-state index contributed by atoms with van der Waals surface area (Å²) < 4.78 is 0. The number of aryl methyl sites for hydroxylation is 1. The zero-order chi connectivity index (χ0) is 11.4. The van der Waals surface area contributed by atoms with E-state index < -0.39 is 0 Å². The van der Waals surface area contributed by atoms with E-state index in [1.807, 2.05) is 12.1 Å². The summed E-state index contributed by atoms with van der Waals surface area (Å²) in [6, 6.07) is 6.14. The molecule has 0 heterocycles. The van der Waals surface area contributed by atoms with Gasteiger partial charge in [0.2, 0.25) is 0 Å². The average Bonchev–Trinajstić information content (AvgIpc) is 2.14. The van der Waals surface area contributed by atoms with Crippen LogP contribution in [0, 0.1) is 12.8 Å². The lowest BCUT2D eigenvalue weighted by Crippen LogP contribution is -2.27. The molecule has 0 radical (unpaired) electrons. The van der Waals surface area contributed by atoms with Crippen LogP contribution in [-0.4, -0.2) is 13.1 Å². The maximum Gasteiger partial charge on any atom is 0.0397 e. The number of anilines is 2.